The van der Waals surface area contributed by atoms with Gasteiger partial charge in [0.1, 0.15) is 5.82 Å². The summed E-state index contributed by atoms with van der Waals surface area (Å²) < 4.78 is 1.26. The first-order valence-corrected chi connectivity index (χ1v) is 10.8. The van der Waals surface area contributed by atoms with Gasteiger partial charge in [-0.2, -0.15) is 0 Å². The van der Waals surface area contributed by atoms with Crippen LogP contribution >= 0.6 is 11.6 Å². The summed E-state index contributed by atoms with van der Waals surface area (Å²) in [6.45, 7) is 2.35. The fourth-order valence-corrected chi connectivity index (χ4v) is 3.51. The normalized spacial score (nSPS) is 10.7. The molecule has 0 aliphatic rings. The Labute approximate surface area is 190 Å². The highest BCUT2D eigenvalue weighted by atomic mass is 35.5. The van der Waals surface area contributed by atoms with Crippen molar-refractivity contribution in [1.29, 1.82) is 0 Å². The molecule has 0 radical (unpaired) electrons. The molecule has 0 saturated carbocycles. The molecule has 0 fully saturated rings. The summed E-state index contributed by atoms with van der Waals surface area (Å²) in [4.78, 5) is 41.9. The van der Waals surface area contributed by atoms with Crippen molar-refractivity contribution in [3.8, 4) is 0 Å². The smallest absolute Gasteiger partial charge is 0.330 e. The Kier molecular flexibility index (Phi) is 7.72. The Balaban J connectivity index is 1.94. The van der Waals surface area contributed by atoms with Crippen LogP contribution in [0.5, 0.6) is 0 Å². The fourth-order valence-electron chi connectivity index (χ4n) is 3.31. The first-order chi connectivity index (χ1) is 15.4. The summed E-state index contributed by atoms with van der Waals surface area (Å²) in [7, 11) is 0. The Morgan fingerprint density at radius 2 is 1.81 bits per heavy atom. The second kappa shape index (κ2) is 10.7. The molecule has 3 aromatic rings. The number of nitrogens with one attached hydrogen (secondary N) is 2. The van der Waals surface area contributed by atoms with Gasteiger partial charge in [0.2, 0.25) is 5.91 Å². The lowest BCUT2D eigenvalue weighted by Crippen LogP contribution is -2.43. The van der Waals surface area contributed by atoms with Crippen LogP contribution in [0.2, 0.25) is 5.02 Å². The predicted molar refractivity (Wildman–Crippen MR) is 128 cm³/mol. The number of anilines is 3. The maximum atomic E-state index is 13.1. The number of unbranched alkanes of at least 4 members (excludes halogenated alkanes) is 1. The third-order valence-electron chi connectivity index (χ3n) is 5.01. The SMILES string of the molecule is CCCCN(C(=O)CNc1ccccc1Cl)c1c(N)n(Cc2ccccc2)c(=O)[nH]c1=O. The van der Waals surface area contributed by atoms with E-state index in [4.69, 9.17) is 17.3 Å². The Morgan fingerprint density at radius 1 is 1.12 bits per heavy atom. The molecule has 0 aliphatic heterocycles. The number of nitrogens with zero attached hydrogens (tertiary/aromatic N) is 2. The van der Waals surface area contributed by atoms with Crippen LogP contribution in [-0.2, 0) is 11.3 Å². The van der Waals surface area contributed by atoms with Crippen LogP contribution in [0.3, 0.4) is 0 Å². The Hall–Kier alpha value is -3.52. The molecule has 0 saturated heterocycles. The van der Waals surface area contributed by atoms with E-state index < -0.39 is 11.2 Å². The number of nitrogens with two attached hydrogens (primary N) is 1. The number of benzene rings is 2. The average molecular weight is 456 g/mol. The van der Waals surface area contributed by atoms with Gasteiger partial charge >= 0.3 is 5.69 Å². The maximum Gasteiger partial charge on any atom is 0.330 e. The molecular formula is C23H26ClN5O3. The Bertz CT molecular complexity index is 1190. The zero-order valence-corrected chi connectivity index (χ0v) is 18.6. The van der Waals surface area contributed by atoms with E-state index >= 15 is 0 Å². The predicted octanol–water partition coefficient (Wildman–Crippen LogP) is 3.07. The largest absolute Gasteiger partial charge is 0.383 e. The molecule has 168 valence electrons. The van der Waals surface area contributed by atoms with Gasteiger partial charge < -0.3 is 16.0 Å². The van der Waals surface area contributed by atoms with Crippen LogP contribution in [0.1, 0.15) is 25.3 Å². The number of nitrogen functional groups attached to an aromatic ring is 1. The summed E-state index contributed by atoms with van der Waals surface area (Å²) in [6.07, 6.45) is 1.47. The van der Waals surface area contributed by atoms with Gasteiger partial charge in [0.25, 0.3) is 5.56 Å². The van der Waals surface area contributed by atoms with E-state index in [0.717, 1.165) is 12.0 Å². The molecule has 0 aliphatic carbocycles. The number of H-pyrrole nitrogens is 1. The van der Waals surface area contributed by atoms with Crippen molar-refractivity contribution in [2.24, 2.45) is 0 Å². The van der Waals surface area contributed by atoms with Crippen molar-refractivity contribution < 1.29 is 4.79 Å². The molecule has 1 heterocycles. The molecule has 4 N–H and O–H groups in total. The van der Waals surface area contributed by atoms with Crippen LogP contribution in [0, 0.1) is 0 Å². The third kappa shape index (κ3) is 5.39. The molecule has 8 nitrogen and oxygen atoms in total. The lowest BCUT2D eigenvalue weighted by atomic mass is 10.2. The number of carbonyl (C=O) groups excluding carboxylic acids is 1. The molecule has 0 unspecified atom stereocenters. The van der Waals surface area contributed by atoms with E-state index in [-0.39, 0.29) is 37.0 Å². The number of para-hydroxylation sites is 1. The van der Waals surface area contributed by atoms with Gasteiger partial charge in [-0.15, -0.1) is 0 Å². The number of amides is 1. The second-order valence-electron chi connectivity index (χ2n) is 7.30. The zero-order valence-electron chi connectivity index (χ0n) is 17.8. The molecule has 2 aromatic carbocycles. The quantitative estimate of drug-likeness (QED) is 0.459. The Morgan fingerprint density at radius 3 is 2.50 bits per heavy atom. The minimum atomic E-state index is -0.695. The molecule has 9 heteroatoms. The van der Waals surface area contributed by atoms with E-state index in [1.165, 1.54) is 9.47 Å². The van der Waals surface area contributed by atoms with Gasteiger partial charge in [0.05, 0.1) is 23.8 Å². The number of aromatic nitrogens is 2. The maximum absolute atomic E-state index is 13.1. The number of aromatic amines is 1. The monoisotopic (exact) mass is 455 g/mol. The molecule has 3 rings (SSSR count). The summed E-state index contributed by atoms with van der Waals surface area (Å²) in [6, 6.07) is 16.3. The lowest BCUT2D eigenvalue weighted by Gasteiger charge is -2.25. The van der Waals surface area contributed by atoms with Crippen LogP contribution in [-0.4, -0.2) is 28.5 Å². The second-order valence-corrected chi connectivity index (χ2v) is 7.70. The average Bonchev–Trinajstić information content (AvgIpc) is 2.78. The number of rotatable bonds is 9. The van der Waals surface area contributed by atoms with E-state index in [9.17, 15) is 14.4 Å². The van der Waals surface area contributed by atoms with Gasteiger partial charge in [-0.1, -0.05) is 67.4 Å². The standard InChI is InChI=1S/C23H26ClN5O3/c1-2-3-13-28(19(30)14-26-18-12-8-7-11-17(18)24)20-21(25)29(23(32)27-22(20)31)15-16-9-5-4-6-10-16/h4-12,26H,2-3,13-15,25H2,1H3,(H,27,31,32). The van der Waals surface area contributed by atoms with Crippen LogP contribution in [0.15, 0.2) is 64.2 Å². The van der Waals surface area contributed by atoms with E-state index in [2.05, 4.69) is 10.3 Å². The van der Waals surface area contributed by atoms with Crippen molar-refractivity contribution >= 4 is 34.7 Å². The third-order valence-corrected chi connectivity index (χ3v) is 5.34. The van der Waals surface area contributed by atoms with Crippen molar-refractivity contribution in [3.05, 3.63) is 86.0 Å². The number of carbonyl (C=O) groups is 1. The molecule has 32 heavy (non-hydrogen) atoms. The lowest BCUT2D eigenvalue weighted by molar-refractivity contribution is -0.117. The van der Waals surface area contributed by atoms with Crippen LogP contribution in [0.4, 0.5) is 17.2 Å². The molecule has 1 amide bonds. The molecule has 0 atom stereocenters. The number of hydrogen-bond donors (Lipinski definition) is 3. The first kappa shape index (κ1) is 23.1. The summed E-state index contributed by atoms with van der Waals surface area (Å²) in [5.74, 6) is -0.412. The van der Waals surface area contributed by atoms with Gasteiger partial charge in [-0.05, 0) is 24.1 Å². The van der Waals surface area contributed by atoms with Crippen LogP contribution < -0.4 is 27.2 Å². The number of hydrogen-bond acceptors (Lipinski definition) is 5. The van der Waals surface area contributed by atoms with Crippen molar-refractivity contribution in [1.82, 2.24) is 9.55 Å². The zero-order chi connectivity index (χ0) is 23.1. The molecule has 0 spiro atoms. The van der Waals surface area contributed by atoms with Crippen molar-refractivity contribution in [2.45, 2.75) is 26.3 Å². The van der Waals surface area contributed by atoms with E-state index in [1.54, 1.807) is 24.3 Å². The van der Waals surface area contributed by atoms with Crippen molar-refractivity contribution in [3.63, 3.8) is 0 Å². The fraction of sp³-hybridized carbons (Fsp3) is 0.261. The van der Waals surface area contributed by atoms with E-state index in [1.807, 2.05) is 37.3 Å². The minimum absolute atomic E-state index is 0.0278. The summed E-state index contributed by atoms with van der Waals surface area (Å²) in [5, 5.41) is 3.48. The molecule has 1 aromatic heterocycles. The summed E-state index contributed by atoms with van der Waals surface area (Å²) in [5.41, 5.74) is 6.38. The molecular weight excluding hydrogens is 430 g/mol. The molecule has 0 bridgehead atoms. The minimum Gasteiger partial charge on any atom is -0.383 e. The van der Waals surface area contributed by atoms with Gasteiger partial charge in [-0.25, -0.2) is 4.79 Å². The first-order valence-electron chi connectivity index (χ1n) is 10.4. The highest BCUT2D eigenvalue weighted by Gasteiger charge is 2.24. The highest BCUT2D eigenvalue weighted by molar-refractivity contribution is 6.33. The number of halogens is 1. The van der Waals surface area contributed by atoms with Gasteiger partial charge in [-0.3, -0.25) is 19.1 Å². The van der Waals surface area contributed by atoms with Crippen molar-refractivity contribution in [2.75, 3.05) is 29.0 Å². The highest BCUT2D eigenvalue weighted by Crippen LogP contribution is 2.22. The topological polar surface area (TPSA) is 113 Å². The van der Waals surface area contributed by atoms with Gasteiger partial charge in [0.15, 0.2) is 5.69 Å². The van der Waals surface area contributed by atoms with Gasteiger partial charge in [0, 0.05) is 6.54 Å². The van der Waals surface area contributed by atoms with E-state index in [0.29, 0.717) is 17.1 Å². The van der Waals surface area contributed by atoms with Crippen LogP contribution in [0.25, 0.3) is 0 Å². The summed E-state index contributed by atoms with van der Waals surface area (Å²) >= 11 is 6.15.